The van der Waals surface area contributed by atoms with Crippen LogP contribution in [-0.4, -0.2) is 40.7 Å². The molecule has 138 valence electrons. The average Bonchev–Trinajstić information content (AvgIpc) is 3.02. The topological polar surface area (TPSA) is 78.3 Å². The van der Waals surface area contributed by atoms with E-state index in [0.717, 1.165) is 15.8 Å². The van der Waals surface area contributed by atoms with Crippen molar-refractivity contribution < 1.29 is 14.3 Å². The average molecular weight is 439 g/mol. The fraction of sp³-hybridized carbons (Fsp3) is 0.353. The van der Waals surface area contributed by atoms with Gasteiger partial charge in [-0.25, -0.2) is 9.48 Å². The predicted molar refractivity (Wildman–Crippen MR) is 104 cm³/mol. The summed E-state index contributed by atoms with van der Waals surface area (Å²) < 4.78 is 13.1. The summed E-state index contributed by atoms with van der Waals surface area (Å²) in [5, 5.41) is 8.40. The summed E-state index contributed by atoms with van der Waals surface area (Å²) in [7, 11) is 2.97. The van der Waals surface area contributed by atoms with Gasteiger partial charge < -0.3 is 14.8 Å². The number of thioether (sulfide) groups is 1. The molecule has 0 fully saturated rings. The van der Waals surface area contributed by atoms with Crippen molar-refractivity contribution in [1.82, 2.24) is 14.8 Å². The van der Waals surface area contributed by atoms with Crippen LogP contribution in [0.15, 0.2) is 39.1 Å². The van der Waals surface area contributed by atoms with Gasteiger partial charge in [0, 0.05) is 15.7 Å². The van der Waals surface area contributed by atoms with Gasteiger partial charge in [0.1, 0.15) is 11.8 Å². The Kier molecular flexibility index (Phi) is 5.57. The second kappa shape index (κ2) is 7.71. The number of methoxy groups -OCH3 is 2. The molecule has 0 radical (unpaired) electrons. The van der Waals surface area contributed by atoms with E-state index in [9.17, 15) is 4.79 Å². The Hall–Kier alpha value is -2.00. The third kappa shape index (κ3) is 3.33. The summed E-state index contributed by atoms with van der Waals surface area (Å²) in [6.07, 6.45) is 0. The Morgan fingerprint density at radius 1 is 1.42 bits per heavy atom. The van der Waals surface area contributed by atoms with Crippen molar-refractivity contribution in [2.45, 2.75) is 25.0 Å². The number of halogens is 1. The Balaban J connectivity index is 2.24. The summed E-state index contributed by atoms with van der Waals surface area (Å²) in [5.74, 6) is 1.66. The number of fused-ring (bicyclic) bond motifs is 1. The van der Waals surface area contributed by atoms with Crippen LogP contribution in [0.2, 0.25) is 0 Å². The van der Waals surface area contributed by atoms with Crippen LogP contribution in [0, 0.1) is 0 Å². The van der Waals surface area contributed by atoms with Crippen molar-refractivity contribution in [3.05, 3.63) is 39.5 Å². The number of carbonyl (C=O) groups is 1. The van der Waals surface area contributed by atoms with Gasteiger partial charge in [-0.2, -0.15) is 4.98 Å². The van der Waals surface area contributed by atoms with E-state index in [-0.39, 0.29) is 0 Å². The number of hydrogen-bond acceptors (Lipinski definition) is 7. The number of esters is 1. The number of benzene rings is 1. The number of allylic oxidation sites excluding steroid dienone is 1. The van der Waals surface area contributed by atoms with Gasteiger partial charge in [0.2, 0.25) is 11.1 Å². The largest absolute Gasteiger partial charge is 0.496 e. The first kappa shape index (κ1) is 18.8. The van der Waals surface area contributed by atoms with Gasteiger partial charge in [0.15, 0.2) is 0 Å². The molecule has 1 atom stereocenters. The highest BCUT2D eigenvalue weighted by Crippen LogP contribution is 2.41. The van der Waals surface area contributed by atoms with Crippen molar-refractivity contribution in [3.8, 4) is 5.75 Å². The second-order valence-corrected chi connectivity index (χ2v) is 7.69. The fourth-order valence-corrected chi connectivity index (χ4v) is 3.84. The van der Waals surface area contributed by atoms with Crippen LogP contribution in [0.1, 0.15) is 25.5 Å². The van der Waals surface area contributed by atoms with E-state index in [1.165, 1.54) is 18.9 Å². The highest BCUT2D eigenvalue weighted by molar-refractivity contribution is 9.10. The maximum atomic E-state index is 12.5. The molecule has 0 saturated heterocycles. The first-order chi connectivity index (χ1) is 12.5. The molecule has 0 spiro atoms. The highest BCUT2D eigenvalue weighted by atomic mass is 79.9. The Morgan fingerprint density at radius 3 is 2.85 bits per heavy atom. The third-order valence-corrected chi connectivity index (χ3v) is 5.21. The molecule has 9 heteroatoms. The maximum absolute atomic E-state index is 12.5. The number of hydrogen-bond donors (Lipinski definition) is 1. The molecule has 0 amide bonds. The summed E-state index contributed by atoms with van der Waals surface area (Å²) in [4.78, 5) is 17.1. The quantitative estimate of drug-likeness (QED) is 0.563. The maximum Gasteiger partial charge on any atom is 0.338 e. The molecular formula is C17H19BrN4O3S. The molecule has 1 aliphatic rings. The molecule has 1 aromatic heterocycles. The van der Waals surface area contributed by atoms with Crippen LogP contribution in [0.5, 0.6) is 5.75 Å². The SMILES string of the molecule is CCSc1nc2n(n1)C(c1cc(Br)ccc1OC)C(C(=O)OC)=C(C)N2. The number of nitrogens with one attached hydrogen (secondary N) is 1. The van der Waals surface area contributed by atoms with Gasteiger partial charge in [-0.1, -0.05) is 34.6 Å². The molecular weight excluding hydrogens is 420 g/mol. The van der Waals surface area contributed by atoms with Crippen molar-refractivity contribution in [3.63, 3.8) is 0 Å². The van der Waals surface area contributed by atoms with Gasteiger partial charge in [-0.05, 0) is 30.9 Å². The molecule has 1 aromatic carbocycles. The number of anilines is 1. The van der Waals surface area contributed by atoms with Crippen LogP contribution in [0.3, 0.4) is 0 Å². The molecule has 0 bridgehead atoms. The lowest BCUT2D eigenvalue weighted by atomic mass is 9.95. The summed E-state index contributed by atoms with van der Waals surface area (Å²) in [6.45, 7) is 3.87. The lowest BCUT2D eigenvalue weighted by Crippen LogP contribution is -2.29. The standard InChI is InChI=1S/C17H19BrN4O3S/c1-5-26-17-20-16-19-9(2)13(15(23)25-4)14(22(16)21-17)11-8-10(18)6-7-12(11)24-3/h6-8,14H,5H2,1-4H3,(H,19,20,21). The Morgan fingerprint density at radius 2 is 2.19 bits per heavy atom. The second-order valence-electron chi connectivity index (χ2n) is 5.54. The zero-order valence-electron chi connectivity index (χ0n) is 14.9. The number of rotatable bonds is 5. The molecule has 0 aliphatic carbocycles. The molecule has 2 heterocycles. The summed E-state index contributed by atoms with van der Waals surface area (Å²) in [6, 6.07) is 5.15. The van der Waals surface area contributed by atoms with Crippen LogP contribution in [0.4, 0.5) is 5.95 Å². The lowest BCUT2D eigenvalue weighted by Gasteiger charge is -2.28. The number of ether oxygens (including phenoxy) is 2. The summed E-state index contributed by atoms with van der Waals surface area (Å²) in [5.41, 5.74) is 1.94. The zero-order valence-corrected chi connectivity index (χ0v) is 17.3. The fourth-order valence-electron chi connectivity index (χ4n) is 2.90. The Labute approximate surface area is 164 Å². The van der Waals surface area contributed by atoms with E-state index in [1.54, 1.807) is 11.8 Å². The predicted octanol–water partition coefficient (Wildman–Crippen LogP) is 3.62. The minimum absolute atomic E-state index is 0.423. The van der Waals surface area contributed by atoms with Gasteiger partial charge >= 0.3 is 5.97 Å². The molecule has 3 rings (SSSR count). The molecule has 1 aliphatic heterocycles. The first-order valence-corrected chi connectivity index (χ1v) is 9.76. The normalized spacial score (nSPS) is 16.1. The third-order valence-electron chi connectivity index (χ3n) is 4.00. The molecule has 1 unspecified atom stereocenters. The van der Waals surface area contributed by atoms with E-state index in [4.69, 9.17) is 9.47 Å². The van der Waals surface area contributed by atoms with Crippen LogP contribution in [-0.2, 0) is 9.53 Å². The van der Waals surface area contributed by atoms with E-state index in [1.807, 2.05) is 32.0 Å². The minimum Gasteiger partial charge on any atom is -0.496 e. The number of aromatic nitrogens is 3. The van der Waals surface area contributed by atoms with Gasteiger partial charge in [0.25, 0.3) is 0 Å². The van der Waals surface area contributed by atoms with Crippen LogP contribution >= 0.6 is 27.7 Å². The molecule has 0 saturated carbocycles. The smallest absolute Gasteiger partial charge is 0.338 e. The van der Waals surface area contributed by atoms with Gasteiger partial charge in [0.05, 0.1) is 19.8 Å². The van der Waals surface area contributed by atoms with Gasteiger partial charge in [-0.15, -0.1) is 5.10 Å². The van der Waals surface area contributed by atoms with Crippen LogP contribution in [0.25, 0.3) is 0 Å². The molecule has 2 aromatic rings. The first-order valence-electron chi connectivity index (χ1n) is 7.99. The van der Waals surface area contributed by atoms with Crippen molar-refractivity contribution in [2.24, 2.45) is 0 Å². The van der Waals surface area contributed by atoms with Gasteiger partial charge in [-0.3, -0.25) is 0 Å². The van der Waals surface area contributed by atoms with Crippen molar-refractivity contribution >= 4 is 39.6 Å². The summed E-state index contributed by atoms with van der Waals surface area (Å²) >= 11 is 5.04. The van der Waals surface area contributed by atoms with Crippen molar-refractivity contribution in [2.75, 3.05) is 25.3 Å². The number of nitrogens with zero attached hydrogens (tertiary/aromatic N) is 3. The van der Waals surface area contributed by atoms with E-state index >= 15 is 0 Å². The van der Waals surface area contributed by atoms with Crippen LogP contribution < -0.4 is 10.1 Å². The highest BCUT2D eigenvalue weighted by Gasteiger charge is 2.36. The van der Waals surface area contributed by atoms with Crippen molar-refractivity contribution in [1.29, 1.82) is 0 Å². The Bertz CT molecular complexity index is 881. The minimum atomic E-state index is -0.509. The zero-order chi connectivity index (χ0) is 18.8. The monoisotopic (exact) mass is 438 g/mol. The molecule has 1 N–H and O–H groups in total. The molecule has 7 nitrogen and oxygen atoms in total. The van der Waals surface area contributed by atoms with E-state index in [0.29, 0.717) is 28.1 Å². The number of carbonyl (C=O) groups excluding carboxylic acids is 1. The molecule has 26 heavy (non-hydrogen) atoms. The van der Waals surface area contributed by atoms with E-state index < -0.39 is 12.0 Å². The lowest BCUT2D eigenvalue weighted by molar-refractivity contribution is -0.136. The van der Waals surface area contributed by atoms with E-state index in [2.05, 4.69) is 31.3 Å².